The average molecular weight is 138 g/mol. The predicted octanol–water partition coefficient (Wildman–Crippen LogP) is 0.118. The van der Waals surface area contributed by atoms with E-state index in [-0.39, 0.29) is 0 Å². The van der Waals surface area contributed by atoms with E-state index in [4.69, 9.17) is 6.42 Å². The topological polar surface area (TPSA) is 15.3 Å². The van der Waals surface area contributed by atoms with E-state index >= 15 is 0 Å². The number of nitrogens with one attached hydrogen (secondary N) is 1. The quantitative estimate of drug-likeness (QED) is 0.430. The van der Waals surface area contributed by atoms with Crippen LogP contribution in [0.3, 0.4) is 0 Å². The molecule has 0 bridgehead atoms. The standard InChI is InChI=1S/C8H14N2/c1-3-10(2)7-8-4-5-9-6-8/h1,8-9H,4-7H2,2H3. The summed E-state index contributed by atoms with van der Waals surface area (Å²) >= 11 is 0. The lowest BCUT2D eigenvalue weighted by Gasteiger charge is -2.14. The molecule has 2 heteroatoms. The molecular weight excluding hydrogens is 124 g/mol. The zero-order valence-electron chi connectivity index (χ0n) is 6.43. The molecule has 1 N–H and O–H groups in total. The lowest BCUT2D eigenvalue weighted by Crippen LogP contribution is -2.22. The Bertz CT molecular complexity index is 131. The Hall–Kier alpha value is -0.680. The van der Waals surface area contributed by atoms with Gasteiger partial charge in [-0.05, 0) is 25.4 Å². The molecule has 10 heavy (non-hydrogen) atoms. The molecule has 1 atom stereocenters. The van der Waals surface area contributed by atoms with Gasteiger partial charge < -0.3 is 10.2 Å². The summed E-state index contributed by atoms with van der Waals surface area (Å²) in [5.74, 6) is 0.765. The molecule has 1 heterocycles. The molecule has 0 spiro atoms. The SMILES string of the molecule is C#CN(C)CC1CCNC1. The molecule has 0 aromatic carbocycles. The van der Waals surface area contributed by atoms with E-state index < -0.39 is 0 Å². The molecule has 1 aliphatic heterocycles. The first kappa shape index (κ1) is 7.43. The molecule has 0 aromatic rings. The summed E-state index contributed by atoms with van der Waals surface area (Å²) in [6, 6.07) is 2.60. The van der Waals surface area contributed by atoms with Gasteiger partial charge in [0.2, 0.25) is 0 Å². The third-order valence-corrected chi connectivity index (χ3v) is 1.91. The van der Waals surface area contributed by atoms with Crippen LogP contribution in [0.15, 0.2) is 0 Å². The molecular formula is C8H14N2. The van der Waals surface area contributed by atoms with Crippen LogP contribution in [-0.2, 0) is 0 Å². The first-order chi connectivity index (χ1) is 4.83. The minimum Gasteiger partial charge on any atom is -0.336 e. The largest absolute Gasteiger partial charge is 0.336 e. The summed E-state index contributed by atoms with van der Waals surface area (Å²) in [4.78, 5) is 1.91. The second-order valence-corrected chi connectivity index (χ2v) is 2.87. The summed E-state index contributed by atoms with van der Waals surface area (Å²) < 4.78 is 0. The average Bonchev–Trinajstić information content (AvgIpc) is 2.40. The van der Waals surface area contributed by atoms with Crippen LogP contribution in [0, 0.1) is 18.4 Å². The van der Waals surface area contributed by atoms with Crippen LogP contribution in [0.1, 0.15) is 6.42 Å². The van der Waals surface area contributed by atoms with Crippen molar-refractivity contribution in [1.29, 1.82) is 0 Å². The molecule has 0 radical (unpaired) electrons. The number of rotatable bonds is 2. The van der Waals surface area contributed by atoms with Gasteiger partial charge in [0.15, 0.2) is 0 Å². The lowest BCUT2D eigenvalue weighted by atomic mass is 10.1. The summed E-state index contributed by atoms with van der Waals surface area (Å²) in [5.41, 5.74) is 0. The van der Waals surface area contributed by atoms with E-state index in [2.05, 4.69) is 11.4 Å². The summed E-state index contributed by atoms with van der Waals surface area (Å²) in [5, 5.41) is 3.31. The summed E-state index contributed by atoms with van der Waals surface area (Å²) in [6.07, 6.45) is 6.48. The molecule has 56 valence electrons. The van der Waals surface area contributed by atoms with E-state index in [1.54, 1.807) is 0 Å². The highest BCUT2D eigenvalue weighted by molar-refractivity contribution is 4.85. The zero-order valence-corrected chi connectivity index (χ0v) is 6.43. The van der Waals surface area contributed by atoms with Crippen molar-refractivity contribution in [2.24, 2.45) is 5.92 Å². The van der Waals surface area contributed by atoms with Crippen molar-refractivity contribution >= 4 is 0 Å². The fourth-order valence-corrected chi connectivity index (χ4v) is 1.31. The van der Waals surface area contributed by atoms with Crippen molar-refractivity contribution in [3.05, 3.63) is 0 Å². The molecule has 1 rings (SSSR count). The van der Waals surface area contributed by atoms with Gasteiger partial charge in [-0.1, -0.05) is 6.42 Å². The van der Waals surface area contributed by atoms with Crippen LogP contribution in [0.4, 0.5) is 0 Å². The predicted molar refractivity (Wildman–Crippen MR) is 42.4 cm³/mol. The van der Waals surface area contributed by atoms with Gasteiger partial charge in [0.25, 0.3) is 0 Å². The molecule has 2 nitrogen and oxygen atoms in total. The third-order valence-electron chi connectivity index (χ3n) is 1.91. The summed E-state index contributed by atoms with van der Waals surface area (Å²) in [7, 11) is 1.96. The van der Waals surface area contributed by atoms with Crippen molar-refractivity contribution in [2.75, 3.05) is 26.7 Å². The van der Waals surface area contributed by atoms with Gasteiger partial charge in [-0.2, -0.15) is 0 Å². The van der Waals surface area contributed by atoms with Gasteiger partial charge in [-0.15, -0.1) is 0 Å². The minimum absolute atomic E-state index is 0.765. The lowest BCUT2D eigenvalue weighted by molar-refractivity contribution is 0.389. The molecule has 0 amide bonds. The molecule has 1 aliphatic rings. The Morgan fingerprint density at radius 2 is 2.60 bits per heavy atom. The van der Waals surface area contributed by atoms with Crippen LogP contribution in [0.25, 0.3) is 0 Å². The minimum atomic E-state index is 0.765. The van der Waals surface area contributed by atoms with Crippen molar-refractivity contribution in [3.63, 3.8) is 0 Å². The molecule has 0 aromatic heterocycles. The van der Waals surface area contributed by atoms with Crippen LogP contribution < -0.4 is 5.32 Å². The Morgan fingerprint density at radius 1 is 1.80 bits per heavy atom. The fraction of sp³-hybridized carbons (Fsp3) is 0.750. The van der Waals surface area contributed by atoms with E-state index in [9.17, 15) is 0 Å². The maximum Gasteiger partial charge on any atom is 0.0298 e. The molecule has 1 saturated heterocycles. The Balaban J connectivity index is 2.19. The monoisotopic (exact) mass is 138 g/mol. The van der Waals surface area contributed by atoms with E-state index in [0.717, 1.165) is 25.6 Å². The van der Waals surface area contributed by atoms with Gasteiger partial charge in [0.1, 0.15) is 0 Å². The third kappa shape index (κ3) is 1.93. The first-order valence-electron chi connectivity index (χ1n) is 3.71. The van der Waals surface area contributed by atoms with Crippen molar-refractivity contribution in [3.8, 4) is 12.5 Å². The highest BCUT2D eigenvalue weighted by atomic mass is 15.1. The Morgan fingerprint density at radius 3 is 3.10 bits per heavy atom. The van der Waals surface area contributed by atoms with Gasteiger partial charge >= 0.3 is 0 Å². The molecule has 1 unspecified atom stereocenters. The van der Waals surface area contributed by atoms with E-state index in [1.165, 1.54) is 6.42 Å². The number of terminal acetylenes is 1. The van der Waals surface area contributed by atoms with Gasteiger partial charge in [0, 0.05) is 19.6 Å². The highest BCUT2D eigenvalue weighted by Crippen LogP contribution is 2.07. The maximum atomic E-state index is 5.21. The van der Waals surface area contributed by atoms with Gasteiger partial charge in [0.05, 0.1) is 0 Å². The Labute approximate surface area is 62.6 Å². The first-order valence-corrected chi connectivity index (χ1v) is 3.71. The maximum absolute atomic E-state index is 5.21. The van der Waals surface area contributed by atoms with Crippen LogP contribution in [-0.4, -0.2) is 31.6 Å². The fourth-order valence-electron chi connectivity index (χ4n) is 1.31. The summed E-state index contributed by atoms with van der Waals surface area (Å²) in [6.45, 7) is 3.32. The molecule has 0 aliphatic carbocycles. The van der Waals surface area contributed by atoms with E-state index in [1.807, 2.05) is 11.9 Å². The van der Waals surface area contributed by atoms with Crippen LogP contribution in [0.2, 0.25) is 0 Å². The van der Waals surface area contributed by atoms with Gasteiger partial charge in [-0.25, -0.2) is 0 Å². The molecule has 0 saturated carbocycles. The van der Waals surface area contributed by atoms with Gasteiger partial charge in [-0.3, -0.25) is 0 Å². The van der Waals surface area contributed by atoms with Crippen molar-refractivity contribution < 1.29 is 0 Å². The van der Waals surface area contributed by atoms with Crippen molar-refractivity contribution in [1.82, 2.24) is 10.2 Å². The van der Waals surface area contributed by atoms with Crippen LogP contribution in [0.5, 0.6) is 0 Å². The highest BCUT2D eigenvalue weighted by Gasteiger charge is 2.14. The zero-order chi connectivity index (χ0) is 7.40. The Kier molecular flexibility index (Phi) is 2.58. The smallest absolute Gasteiger partial charge is 0.0298 e. The number of hydrogen-bond acceptors (Lipinski definition) is 2. The van der Waals surface area contributed by atoms with E-state index in [0.29, 0.717) is 0 Å². The number of hydrogen-bond donors (Lipinski definition) is 1. The second-order valence-electron chi connectivity index (χ2n) is 2.87. The number of nitrogens with zero attached hydrogens (tertiary/aromatic N) is 1. The second kappa shape index (κ2) is 3.48. The van der Waals surface area contributed by atoms with Crippen LogP contribution >= 0.6 is 0 Å². The van der Waals surface area contributed by atoms with Crippen molar-refractivity contribution in [2.45, 2.75) is 6.42 Å². The molecule has 1 fully saturated rings. The normalized spacial score (nSPS) is 24.2.